The highest BCUT2D eigenvalue weighted by molar-refractivity contribution is 5.31. The van der Waals surface area contributed by atoms with E-state index in [-0.39, 0.29) is 0 Å². The number of tetrazole rings is 1. The molecular formula is C16H17N5O2. The Morgan fingerprint density at radius 1 is 0.957 bits per heavy atom. The van der Waals surface area contributed by atoms with Gasteiger partial charge in [-0.25, -0.2) is 5.10 Å². The molecule has 0 amide bonds. The largest absolute Gasteiger partial charge is 0.494 e. The highest BCUT2D eigenvalue weighted by Gasteiger charge is 2.00. The van der Waals surface area contributed by atoms with Crippen molar-refractivity contribution in [3.63, 3.8) is 0 Å². The van der Waals surface area contributed by atoms with E-state index in [1.165, 1.54) is 0 Å². The van der Waals surface area contributed by atoms with Gasteiger partial charge in [-0.3, -0.25) is 4.98 Å². The molecule has 23 heavy (non-hydrogen) atoms. The summed E-state index contributed by atoms with van der Waals surface area (Å²) in [5.41, 5.74) is 0.898. The molecule has 0 atom stereocenters. The molecule has 0 aliphatic rings. The smallest absolute Gasteiger partial charge is 0.148 e. The number of aryl methyl sites for hydroxylation is 1. The van der Waals surface area contributed by atoms with E-state index in [0.717, 1.165) is 35.9 Å². The molecule has 3 rings (SSSR count). The number of H-pyrrole nitrogens is 1. The van der Waals surface area contributed by atoms with Crippen LogP contribution in [0.25, 0.3) is 0 Å². The summed E-state index contributed by atoms with van der Waals surface area (Å²) in [7, 11) is 0. The van der Waals surface area contributed by atoms with Crippen LogP contribution in [-0.2, 0) is 13.0 Å². The SMILES string of the molecule is c1ccc(COc2ccc(OCCCc3nnn[nH]3)cc2)nc1. The van der Waals surface area contributed by atoms with E-state index in [0.29, 0.717) is 13.2 Å². The zero-order valence-electron chi connectivity index (χ0n) is 12.6. The van der Waals surface area contributed by atoms with Crippen LogP contribution in [0.1, 0.15) is 17.9 Å². The second-order valence-electron chi connectivity index (χ2n) is 4.88. The fraction of sp³-hybridized carbons (Fsp3) is 0.250. The van der Waals surface area contributed by atoms with E-state index in [9.17, 15) is 0 Å². The van der Waals surface area contributed by atoms with Crippen LogP contribution >= 0.6 is 0 Å². The predicted octanol–water partition coefficient (Wildman–Crippen LogP) is 2.19. The molecule has 0 spiro atoms. The maximum Gasteiger partial charge on any atom is 0.148 e. The molecule has 1 N–H and O–H groups in total. The van der Waals surface area contributed by atoms with Crippen LogP contribution in [0.5, 0.6) is 11.5 Å². The average Bonchev–Trinajstić information content (AvgIpc) is 3.12. The highest BCUT2D eigenvalue weighted by Crippen LogP contribution is 2.18. The van der Waals surface area contributed by atoms with Gasteiger partial charge in [0.05, 0.1) is 12.3 Å². The van der Waals surface area contributed by atoms with Gasteiger partial charge in [-0.1, -0.05) is 6.07 Å². The van der Waals surface area contributed by atoms with Crippen LogP contribution in [0.4, 0.5) is 0 Å². The van der Waals surface area contributed by atoms with Gasteiger partial charge in [0.2, 0.25) is 0 Å². The number of hydrogen-bond acceptors (Lipinski definition) is 6. The van der Waals surface area contributed by atoms with Crippen LogP contribution in [0, 0.1) is 0 Å². The Hall–Kier alpha value is -2.96. The summed E-state index contributed by atoms with van der Waals surface area (Å²) in [6.45, 7) is 1.06. The Bertz CT molecular complexity index is 686. The number of hydrogen-bond donors (Lipinski definition) is 1. The van der Waals surface area contributed by atoms with Gasteiger partial charge in [-0.15, -0.1) is 5.10 Å². The minimum atomic E-state index is 0.451. The Morgan fingerprint density at radius 3 is 2.48 bits per heavy atom. The molecule has 0 fully saturated rings. The van der Waals surface area contributed by atoms with Crippen molar-refractivity contribution < 1.29 is 9.47 Å². The summed E-state index contributed by atoms with van der Waals surface area (Å²) in [5, 5.41) is 13.6. The van der Waals surface area contributed by atoms with Crippen molar-refractivity contribution in [1.82, 2.24) is 25.6 Å². The van der Waals surface area contributed by atoms with Crippen molar-refractivity contribution in [2.75, 3.05) is 6.61 Å². The summed E-state index contributed by atoms with van der Waals surface area (Å²) in [6, 6.07) is 13.3. The van der Waals surface area contributed by atoms with Crippen LogP contribution in [0.3, 0.4) is 0 Å². The molecule has 2 aromatic heterocycles. The third kappa shape index (κ3) is 4.77. The van der Waals surface area contributed by atoms with E-state index >= 15 is 0 Å². The van der Waals surface area contributed by atoms with Crippen molar-refractivity contribution in [3.8, 4) is 11.5 Å². The van der Waals surface area contributed by atoms with Gasteiger partial charge in [0.1, 0.15) is 23.9 Å². The van der Waals surface area contributed by atoms with Crippen LogP contribution < -0.4 is 9.47 Å². The molecule has 0 bridgehead atoms. The summed E-state index contributed by atoms with van der Waals surface area (Å²) in [5.74, 6) is 2.37. The molecule has 0 aliphatic heterocycles. The summed E-state index contributed by atoms with van der Waals surface area (Å²) in [4.78, 5) is 4.22. The second kappa shape index (κ2) is 7.88. The maximum absolute atomic E-state index is 5.68. The minimum absolute atomic E-state index is 0.451. The zero-order valence-corrected chi connectivity index (χ0v) is 12.6. The number of pyridine rings is 1. The van der Waals surface area contributed by atoms with E-state index in [1.807, 2.05) is 42.5 Å². The third-order valence-corrected chi connectivity index (χ3v) is 3.15. The molecular weight excluding hydrogens is 294 g/mol. The number of nitrogens with one attached hydrogen (secondary N) is 1. The number of ether oxygens (including phenoxy) is 2. The molecule has 0 unspecified atom stereocenters. The van der Waals surface area contributed by atoms with Crippen LogP contribution in [0.15, 0.2) is 48.7 Å². The molecule has 1 aromatic carbocycles. The van der Waals surface area contributed by atoms with Crippen LogP contribution in [-0.4, -0.2) is 32.2 Å². The van der Waals surface area contributed by atoms with Gasteiger partial charge in [-0.2, -0.15) is 0 Å². The molecule has 3 aromatic rings. The number of rotatable bonds is 8. The lowest BCUT2D eigenvalue weighted by atomic mass is 10.3. The predicted molar refractivity (Wildman–Crippen MR) is 83.0 cm³/mol. The molecule has 0 aliphatic carbocycles. The molecule has 0 saturated heterocycles. The summed E-state index contributed by atoms with van der Waals surface area (Å²) in [6.07, 6.45) is 3.36. The normalized spacial score (nSPS) is 10.4. The lowest BCUT2D eigenvalue weighted by Crippen LogP contribution is -2.01. The van der Waals surface area contributed by atoms with Gasteiger partial charge < -0.3 is 9.47 Å². The second-order valence-corrected chi connectivity index (χ2v) is 4.88. The topological polar surface area (TPSA) is 85.8 Å². The Kier molecular flexibility index (Phi) is 5.12. The molecule has 118 valence electrons. The van der Waals surface area contributed by atoms with Crippen molar-refractivity contribution in [3.05, 3.63) is 60.2 Å². The Labute approximate surface area is 133 Å². The lowest BCUT2D eigenvalue weighted by molar-refractivity contribution is 0.296. The Morgan fingerprint density at radius 2 is 1.78 bits per heavy atom. The number of aromatic amines is 1. The zero-order chi connectivity index (χ0) is 15.7. The van der Waals surface area contributed by atoms with Crippen molar-refractivity contribution >= 4 is 0 Å². The van der Waals surface area contributed by atoms with Gasteiger partial charge in [-0.05, 0) is 53.2 Å². The summed E-state index contributed by atoms with van der Waals surface area (Å²) >= 11 is 0. The van der Waals surface area contributed by atoms with E-state index in [4.69, 9.17) is 9.47 Å². The molecule has 0 radical (unpaired) electrons. The number of nitrogens with zero attached hydrogens (tertiary/aromatic N) is 4. The Balaban J connectivity index is 1.40. The lowest BCUT2D eigenvalue weighted by Gasteiger charge is -2.08. The van der Waals surface area contributed by atoms with Gasteiger partial charge in [0, 0.05) is 12.6 Å². The first-order valence-corrected chi connectivity index (χ1v) is 7.38. The standard InChI is InChI=1S/C16H17N5O2/c1-2-10-17-13(4-1)12-23-15-8-6-14(7-9-15)22-11-3-5-16-18-20-21-19-16/h1-2,4,6-10H,3,5,11-12H2,(H,18,19,20,21). The van der Waals surface area contributed by atoms with Crippen LogP contribution in [0.2, 0.25) is 0 Å². The van der Waals surface area contributed by atoms with Crippen molar-refractivity contribution in [2.45, 2.75) is 19.4 Å². The summed E-state index contributed by atoms with van der Waals surface area (Å²) < 4.78 is 11.3. The van der Waals surface area contributed by atoms with Crippen molar-refractivity contribution in [2.24, 2.45) is 0 Å². The fourth-order valence-corrected chi connectivity index (χ4v) is 1.99. The first-order valence-electron chi connectivity index (χ1n) is 7.38. The van der Waals surface area contributed by atoms with E-state index in [1.54, 1.807) is 6.20 Å². The highest BCUT2D eigenvalue weighted by atomic mass is 16.5. The average molecular weight is 311 g/mol. The number of aromatic nitrogens is 5. The molecule has 7 nitrogen and oxygen atoms in total. The molecule has 0 saturated carbocycles. The van der Waals surface area contributed by atoms with E-state index < -0.39 is 0 Å². The number of benzene rings is 1. The quantitative estimate of drug-likeness (QED) is 0.642. The fourth-order valence-electron chi connectivity index (χ4n) is 1.99. The minimum Gasteiger partial charge on any atom is -0.494 e. The van der Waals surface area contributed by atoms with Gasteiger partial charge in [0.15, 0.2) is 0 Å². The third-order valence-electron chi connectivity index (χ3n) is 3.15. The first kappa shape index (κ1) is 15.0. The molecule has 7 heteroatoms. The maximum atomic E-state index is 5.68. The monoisotopic (exact) mass is 311 g/mol. The van der Waals surface area contributed by atoms with Gasteiger partial charge in [0.25, 0.3) is 0 Å². The van der Waals surface area contributed by atoms with Gasteiger partial charge >= 0.3 is 0 Å². The first-order chi connectivity index (χ1) is 11.4. The van der Waals surface area contributed by atoms with E-state index in [2.05, 4.69) is 25.6 Å². The van der Waals surface area contributed by atoms with Crippen molar-refractivity contribution in [1.29, 1.82) is 0 Å². The molecule has 2 heterocycles.